The van der Waals surface area contributed by atoms with E-state index >= 15 is 0 Å². The van der Waals surface area contributed by atoms with Gasteiger partial charge in [-0.15, -0.1) is 0 Å². The zero-order chi connectivity index (χ0) is 16.4. The lowest BCUT2D eigenvalue weighted by Crippen LogP contribution is -2.29. The van der Waals surface area contributed by atoms with Gasteiger partial charge in [0.2, 0.25) is 0 Å². The van der Waals surface area contributed by atoms with Crippen molar-refractivity contribution in [3.05, 3.63) is 33.9 Å². The van der Waals surface area contributed by atoms with Crippen molar-refractivity contribution in [3.8, 4) is 0 Å². The van der Waals surface area contributed by atoms with Crippen LogP contribution in [0.5, 0.6) is 0 Å². The summed E-state index contributed by atoms with van der Waals surface area (Å²) in [5.41, 5.74) is 1.59. The Labute approximate surface area is 134 Å². The summed E-state index contributed by atoms with van der Waals surface area (Å²) in [6.45, 7) is 6.53. The molecule has 3 N–H and O–H groups in total. The summed E-state index contributed by atoms with van der Waals surface area (Å²) in [5, 5.41) is 10.5. The van der Waals surface area contributed by atoms with Gasteiger partial charge in [0.05, 0.1) is 11.9 Å². The first-order valence-corrected chi connectivity index (χ1v) is 8.16. The van der Waals surface area contributed by atoms with E-state index in [1.807, 2.05) is 13.8 Å². The molecule has 0 aromatic carbocycles. The number of aromatic nitrogens is 3. The number of carbonyl (C=O) groups is 1. The zero-order valence-corrected chi connectivity index (χ0v) is 13.6. The molecule has 2 aromatic heterocycles. The van der Waals surface area contributed by atoms with Crippen LogP contribution in [0.4, 0.5) is 0 Å². The topological polar surface area (TPSA) is 91.3 Å². The molecular weight excluding hydrogens is 294 g/mol. The van der Waals surface area contributed by atoms with Crippen molar-refractivity contribution in [2.24, 2.45) is 5.92 Å². The Bertz CT molecular complexity index is 755. The molecule has 124 valence electrons. The molecule has 7 heteroatoms. The third kappa shape index (κ3) is 3.29. The van der Waals surface area contributed by atoms with E-state index in [1.165, 1.54) is 6.20 Å². The number of piperidine rings is 1. The number of nitrogens with zero attached hydrogens (tertiary/aromatic N) is 2. The Kier molecular flexibility index (Phi) is 4.47. The van der Waals surface area contributed by atoms with E-state index in [9.17, 15) is 9.59 Å². The highest BCUT2D eigenvalue weighted by Gasteiger charge is 2.22. The summed E-state index contributed by atoms with van der Waals surface area (Å²) >= 11 is 0. The van der Waals surface area contributed by atoms with Crippen molar-refractivity contribution in [2.45, 2.75) is 32.6 Å². The van der Waals surface area contributed by atoms with E-state index in [2.05, 4.69) is 20.7 Å². The van der Waals surface area contributed by atoms with Crippen molar-refractivity contribution in [1.82, 2.24) is 25.2 Å². The lowest BCUT2D eigenvalue weighted by molar-refractivity contribution is 0.0950. The number of amides is 1. The van der Waals surface area contributed by atoms with E-state index in [0.29, 0.717) is 23.7 Å². The van der Waals surface area contributed by atoms with Gasteiger partial charge in [-0.05, 0) is 31.8 Å². The number of aromatic amines is 1. The minimum atomic E-state index is -0.202. The third-order valence-electron chi connectivity index (χ3n) is 4.21. The number of carbonyl (C=O) groups excluding carboxylic acids is 1. The summed E-state index contributed by atoms with van der Waals surface area (Å²) in [7, 11) is 0. The molecule has 3 heterocycles. The van der Waals surface area contributed by atoms with Crippen LogP contribution in [0.25, 0.3) is 5.65 Å². The fourth-order valence-electron chi connectivity index (χ4n) is 2.98. The van der Waals surface area contributed by atoms with Gasteiger partial charge in [-0.25, -0.2) is 4.52 Å². The van der Waals surface area contributed by atoms with Crippen molar-refractivity contribution in [3.63, 3.8) is 0 Å². The Morgan fingerprint density at radius 3 is 2.87 bits per heavy atom. The number of nitrogens with one attached hydrogen (secondary N) is 3. The van der Waals surface area contributed by atoms with Crippen LogP contribution in [0.15, 0.2) is 17.1 Å². The highest BCUT2D eigenvalue weighted by Crippen LogP contribution is 2.24. The molecule has 0 unspecified atom stereocenters. The van der Waals surface area contributed by atoms with Gasteiger partial charge >= 0.3 is 0 Å². The number of hydrogen-bond acceptors (Lipinski definition) is 4. The largest absolute Gasteiger partial charge is 0.352 e. The fourth-order valence-corrected chi connectivity index (χ4v) is 2.98. The average Bonchev–Trinajstić information content (AvgIpc) is 2.96. The molecule has 0 bridgehead atoms. The first kappa shape index (κ1) is 15.7. The number of H-pyrrole nitrogens is 1. The molecule has 1 fully saturated rings. The molecular formula is C16H23N5O2. The average molecular weight is 317 g/mol. The molecule has 3 rings (SSSR count). The normalized spacial score (nSPS) is 16.1. The molecule has 1 saturated heterocycles. The van der Waals surface area contributed by atoms with Gasteiger partial charge < -0.3 is 15.6 Å². The summed E-state index contributed by atoms with van der Waals surface area (Å²) in [6.07, 6.45) is 3.46. The van der Waals surface area contributed by atoms with E-state index in [0.717, 1.165) is 31.6 Å². The summed E-state index contributed by atoms with van der Waals surface area (Å²) in [6, 6.07) is 1.60. The second-order valence-corrected chi connectivity index (χ2v) is 6.51. The number of rotatable bonds is 4. The first-order chi connectivity index (χ1) is 11.1. The summed E-state index contributed by atoms with van der Waals surface area (Å²) in [5.74, 6) is 0.449. The lowest BCUT2D eigenvalue weighted by Gasteiger charge is -2.23. The molecule has 0 spiro atoms. The van der Waals surface area contributed by atoms with Crippen molar-refractivity contribution in [1.29, 1.82) is 0 Å². The Morgan fingerprint density at radius 1 is 1.43 bits per heavy atom. The van der Waals surface area contributed by atoms with Gasteiger partial charge in [0, 0.05) is 18.5 Å². The minimum Gasteiger partial charge on any atom is -0.352 e. The lowest BCUT2D eigenvalue weighted by atomic mass is 9.94. The molecule has 0 saturated carbocycles. The van der Waals surface area contributed by atoms with Crippen molar-refractivity contribution in [2.75, 3.05) is 19.6 Å². The molecule has 1 aliphatic heterocycles. The zero-order valence-electron chi connectivity index (χ0n) is 13.6. The maximum absolute atomic E-state index is 12.3. The molecule has 0 atom stereocenters. The predicted octanol–water partition coefficient (Wildman–Crippen LogP) is 0.875. The van der Waals surface area contributed by atoms with Gasteiger partial charge in [0.1, 0.15) is 11.2 Å². The van der Waals surface area contributed by atoms with Gasteiger partial charge in [0.15, 0.2) is 0 Å². The van der Waals surface area contributed by atoms with Gasteiger partial charge in [-0.2, -0.15) is 5.10 Å². The molecule has 7 nitrogen and oxygen atoms in total. The summed E-state index contributed by atoms with van der Waals surface area (Å²) in [4.78, 5) is 27.1. The number of fused-ring (bicyclic) bond motifs is 1. The smallest absolute Gasteiger partial charge is 0.256 e. The SMILES string of the molecule is CC(C)CNC(=O)c1cnn2c(C3CCNCC3)cc(=O)[nH]c12. The van der Waals surface area contributed by atoms with Gasteiger partial charge in [-0.3, -0.25) is 9.59 Å². The van der Waals surface area contributed by atoms with Crippen LogP contribution in [0, 0.1) is 5.92 Å². The second-order valence-electron chi connectivity index (χ2n) is 6.51. The van der Waals surface area contributed by atoms with Gasteiger partial charge in [-0.1, -0.05) is 13.8 Å². The van der Waals surface area contributed by atoms with Crippen LogP contribution in [0.2, 0.25) is 0 Å². The first-order valence-electron chi connectivity index (χ1n) is 8.16. The molecule has 1 amide bonds. The van der Waals surface area contributed by atoms with Crippen molar-refractivity contribution >= 4 is 11.6 Å². The number of hydrogen-bond donors (Lipinski definition) is 3. The van der Waals surface area contributed by atoms with Crippen LogP contribution in [0.1, 0.15) is 48.7 Å². The van der Waals surface area contributed by atoms with E-state index in [-0.39, 0.29) is 17.4 Å². The Hall–Kier alpha value is -2.15. The molecule has 0 aliphatic carbocycles. The Morgan fingerprint density at radius 2 is 2.17 bits per heavy atom. The molecule has 0 radical (unpaired) electrons. The molecule has 1 aliphatic rings. The quantitative estimate of drug-likeness (QED) is 0.780. The van der Waals surface area contributed by atoms with E-state index in [4.69, 9.17) is 0 Å². The van der Waals surface area contributed by atoms with Crippen LogP contribution in [-0.4, -0.2) is 40.1 Å². The molecule has 2 aromatic rings. The van der Waals surface area contributed by atoms with Crippen molar-refractivity contribution < 1.29 is 4.79 Å². The van der Waals surface area contributed by atoms with E-state index < -0.39 is 0 Å². The predicted molar refractivity (Wildman–Crippen MR) is 87.8 cm³/mol. The minimum absolute atomic E-state index is 0.190. The van der Waals surface area contributed by atoms with Crippen LogP contribution >= 0.6 is 0 Å². The summed E-state index contributed by atoms with van der Waals surface area (Å²) < 4.78 is 1.71. The maximum Gasteiger partial charge on any atom is 0.256 e. The van der Waals surface area contributed by atoms with Crippen LogP contribution < -0.4 is 16.2 Å². The van der Waals surface area contributed by atoms with Crippen LogP contribution in [-0.2, 0) is 0 Å². The van der Waals surface area contributed by atoms with Gasteiger partial charge in [0.25, 0.3) is 11.5 Å². The maximum atomic E-state index is 12.3. The Balaban J connectivity index is 1.98. The second kappa shape index (κ2) is 6.54. The van der Waals surface area contributed by atoms with E-state index in [1.54, 1.807) is 10.6 Å². The highest BCUT2D eigenvalue weighted by atomic mass is 16.1. The standard InChI is InChI=1S/C16H23N5O2/c1-10(2)8-18-16(23)12-9-19-21-13(7-14(22)20-15(12)21)11-3-5-17-6-4-11/h7,9-11,17H,3-6,8H2,1-2H3,(H,18,23)(H,20,22). The fraction of sp³-hybridized carbons (Fsp3) is 0.562. The molecule has 23 heavy (non-hydrogen) atoms. The third-order valence-corrected chi connectivity index (χ3v) is 4.21. The van der Waals surface area contributed by atoms with Crippen LogP contribution in [0.3, 0.4) is 0 Å². The highest BCUT2D eigenvalue weighted by molar-refractivity contribution is 5.99. The monoisotopic (exact) mass is 317 g/mol.